The Morgan fingerprint density at radius 3 is 2.12 bits per heavy atom. The molecule has 0 radical (unpaired) electrons. The maximum absolute atomic E-state index is 12.7. The van der Waals surface area contributed by atoms with E-state index in [2.05, 4.69) is 0 Å². The van der Waals surface area contributed by atoms with Crippen molar-refractivity contribution in [2.45, 2.75) is 5.25 Å². The summed E-state index contributed by atoms with van der Waals surface area (Å²) >= 11 is 0. The van der Waals surface area contributed by atoms with Gasteiger partial charge in [0.05, 0.1) is 0 Å². The summed E-state index contributed by atoms with van der Waals surface area (Å²) in [5.41, 5.74) is -0.0316. The number of nitrogens with one attached hydrogen (secondary N) is 1. The number of amides is 1. The predicted octanol–water partition coefficient (Wildman–Crippen LogP) is -2.23. The van der Waals surface area contributed by atoms with E-state index in [1.54, 1.807) is 11.4 Å². The second kappa shape index (κ2) is 5.87. The summed E-state index contributed by atoms with van der Waals surface area (Å²) in [4.78, 5) is 10.8. The number of para-hydroxylation sites is 1. The maximum Gasteiger partial charge on any atom is 1.00 e. The van der Waals surface area contributed by atoms with Crippen molar-refractivity contribution in [1.29, 1.82) is 0 Å². The van der Waals surface area contributed by atoms with E-state index in [0.29, 0.717) is 0 Å². The molecule has 5 nitrogen and oxygen atoms in total. The third kappa shape index (κ3) is 4.00. The number of alkyl halides is 2. The first-order chi connectivity index (χ1) is 7.25. The second-order valence-electron chi connectivity index (χ2n) is 2.79. The Bertz CT molecular complexity index is 492. The number of halogens is 2. The number of hydrogen-bond donors (Lipinski definition) is 1. The average Bonchev–Trinajstić information content (AvgIpc) is 2.17. The summed E-state index contributed by atoms with van der Waals surface area (Å²) in [6.07, 6.45) is 0. The van der Waals surface area contributed by atoms with Crippen LogP contribution in [0.3, 0.4) is 0 Å². The van der Waals surface area contributed by atoms with Crippen molar-refractivity contribution in [2.24, 2.45) is 0 Å². The molecule has 0 spiro atoms. The molecule has 0 aromatic heterocycles. The monoisotopic (exact) mass is 273 g/mol. The summed E-state index contributed by atoms with van der Waals surface area (Å²) in [6.45, 7) is 0. The molecule has 0 atom stereocenters. The van der Waals surface area contributed by atoms with E-state index in [0.717, 1.165) is 0 Å². The quantitative estimate of drug-likeness (QED) is 0.499. The molecule has 0 saturated carbocycles. The molecule has 0 bridgehead atoms. The molecule has 0 saturated heterocycles. The zero-order valence-corrected chi connectivity index (χ0v) is 11.5. The van der Waals surface area contributed by atoms with Crippen LogP contribution in [0.15, 0.2) is 30.3 Å². The molecular weight excluding hydrogens is 267 g/mol. The van der Waals surface area contributed by atoms with E-state index in [1.165, 1.54) is 24.3 Å². The van der Waals surface area contributed by atoms with Crippen LogP contribution in [-0.4, -0.2) is 24.1 Å². The SMILES string of the molecule is O=C(Nc1ccccc1)C(F)(F)S(=O)(=O)[O-].[Na+]. The molecular formula is C8H6F2NNaO4S. The van der Waals surface area contributed by atoms with Crippen LogP contribution in [0.2, 0.25) is 0 Å². The van der Waals surface area contributed by atoms with Crippen LogP contribution in [0, 0.1) is 0 Å². The first kappa shape index (κ1) is 16.5. The molecule has 0 aliphatic heterocycles. The molecule has 9 heteroatoms. The van der Waals surface area contributed by atoms with Crippen molar-refractivity contribution in [3.63, 3.8) is 0 Å². The molecule has 1 aromatic rings. The number of anilines is 1. The van der Waals surface area contributed by atoms with E-state index in [-0.39, 0.29) is 35.2 Å². The minimum Gasteiger partial charge on any atom is -0.743 e. The number of carbonyl (C=O) groups excluding carboxylic acids is 1. The van der Waals surface area contributed by atoms with Crippen molar-refractivity contribution in [2.75, 3.05) is 5.32 Å². The zero-order valence-electron chi connectivity index (χ0n) is 8.68. The standard InChI is InChI=1S/C8H7F2NO4S.Na/c9-8(10,16(13,14)15)7(12)11-6-4-2-1-3-5-6;/h1-5H,(H,11,12)(H,13,14,15);/q;+1/p-1. The number of benzene rings is 1. The Kier molecular flexibility index (Phi) is 5.69. The summed E-state index contributed by atoms with van der Waals surface area (Å²) in [6, 6.07) is 6.99. The maximum atomic E-state index is 12.7. The van der Waals surface area contributed by atoms with Crippen molar-refractivity contribution in [3.8, 4) is 0 Å². The largest absolute Gasteiger partial charge is 1.00 e. The normalized spacial score (nSPS) is 11.5. The van der Waals surface area contributed by atoms with Crippen molar-refractivity contribution in [1.82, 2.24) is 0 Å². The Hall–Kier alpha value is -0.540. The van der Waals surface area contributed by atoms with Gasteiger partial charge in [0, 0.05) is 5.69 Å². The third-order valence-corrected chi connectivity index (χ3v) is 2.42. The van der Waals surface area contributed by atoms with Gasteiger partial charge in [-0.2, -0.15) is 8.78 Å². The molecule has 0 aliphatic carbocycles. The van der Waals surface area contributed by atoms with E-state index in [1.807, 2.05) is 0 Å². The molecule has 1 amide bonds. The molecule has 88 valence electrons. The van der Waals surface area contributed by atoms with E-state index in [4.69, 9.17) is 0 Å². The van der Waals surface area contributed by atoms with Gasteiger partial charge in [-0.1, -0.05) is 18.2 Å². The number of hydrogen-bond acceptors (Lipinski definition) is 4. The van der Waals surface area contributed by atoms with Crippen LogP contribution < -0.4 is 34.9 Å². The van der Waals surface area contributed by atoms with Gasteiger partial charge in [0.1, 0.15) is 0 Å². The van der Waals surface area contributed by atoms with Gasteiger partial charge in [-0.05, 0) is 12.1 Å². The fourth-order valence-corrected chi connectivity index (χ4v) is 1.12. The molecule has 1 rings (SSSR count). The van der Waals surface area contributed by atoms with Gasteiger partial charge in [-0.3, -0.25) is 4.79 Å². The molecule has 0 heterocycles. The topological polar surface area (TPSA) is 86.3 Å². The summed E-state index contributed by atoms with van der Waals surface area (Å²) in [5.74, 6) is -2.17. The molecule has 0 fully saturated rings. The summed E-state index contributed by atoms with van der Waals surface area (Å²) < 4.78 is 55.7. The average molecular weight is 273 g/mol. The Morgan fingerprint density at radius 1 is 1.24 bits per heavy atom. The minimum atomic E-state index is -6.02. The van der Waals surface area contributed by atoms with Crippen LogP contribution >= 0.6 is 0 Å². The Morgan fingerprint density at radius 2 is 1.71 bits per heavy atom. The fraction of sp³-hybridized carbons (Fsp3) is 0.125. The second-order valence-corrected chi connectivity index (χ2v) is 4.21. The van der Waals surface area contributed by atoms with Crippen molar-refractivity contribution < 1.29 is 56.1 Å². The van der Waals surface area contributed by atoms with Crippen LogP contribution in [0.25, 0.3) is 0 Å². The summed E-state index contributed by atoms with van der Waals surface area (Å²) in [5, 5.41) is -3.36. The number of carbonyl (C=O) groups is 1. The van der Waals surface area contributed by atoms with Gasteiger partial charge >= 0.3 is 40.7 Å². The van der Waals surface area contributed by atoms with Gasteiger partial charge in [0.2, 0.25) is 0 Å². The number of rotatable bonds is 3. The molecule has 0 unspecified atom stereocenters. The van der Waals surface area contributed by atoms with Crippen LogP contribution in [-0.2, 0) is 14.9 Å². The van der Waals surface area contributed by atoms with Crippen LogP contribution in [0.1, 0.15) is 0 Å². The first-order valence-electron chi connectivity index (χ1n) is 3.95. The fourth-order valence-electron chi connectivity index (χ4n) is 0.839. The molecule has 17 heavy (non-hydrogen) atoms. The first-order valence-corrected chi connectivity index (χ1v) is 5.36. The van der Waals surface area contributed by atoms with E-state index < -0.39 is 21.3 Å². The Balaban J connectivity index is 0.00000256. The van der Waals surface area contributed by atoms with Crippen molar-refractivity contribution in [3.05, 3.63) is 30.3 Å². The van der Waals surface area contributed by atoms with Crippen LogP contribution in [0.5, 0.6) is 0 Å². The zero-order chi connectivity index (χ0) is 12.4. The van der Waals surface area contributed by atoms with Gasteiger partial charge in [-0.25, -0.2) is 8.42 Å². The molecule has 1 aromatic carbocycles. The molecule has 1 N–H and O–H groups in total. The van der Waals surface area contributed by atoms with Gasteiger partial charge < -0.3 is 9.87 Å². The summed E-state index contributed by atoms with van der Waals surface area (Å²) in [7, 11) is -6.02. The van der Waals surface area contributed by atoms with E-state index >= 15 is 0 Å². The molecule has 0 aliphatic rings. The van der Waals surface area contributed by atoms with Gasteiger partial charge in [0.25, 0.3) is 0 Å². The Labute approximate surface area is 118 Å². The van der Waals surface area contributed by atoms with Crippen molar-refractivity contribution >= 4 is 21.7 Å². The van der Waals surface area contributed by atoms with E-state index in [9.17, 15) is 26.5 Å². The van der Waals surface area contributed by atoms with Crippen LogP contribution in [0.4, 0.5) is 14.5 Å². The van der Waals surface area contributed by atoms with Gasteiger partial charge in [-0.15, -0.1) is 0 Å². The smallest absolute Gasteiger partial charge is 0.743 e. The predicted molar refractivity (Wildman–Crippen MR) is 49.7 cm³/mol. The third-order valence-electron chi connectivity index (χ3n) is 1.61. The minimum absolute atomic E-state index is 0. The van der Waals surface area contributed by atoms with Gasteiger partial charge in [0.15, 0.2) is 10.1 Å².